The number of carboxylic acids is 1. The Morgan fingerprint density at radius 3 is 2.63 bits per heavy atom. The van der Waals surface area contributed by atoms with Crippen molar-refractivity contribution in [2.24, 2.45) is 0 Å². The monoisotopic (exact) mass is 261 g/mol. The second-order valence-corrected chi connectivity index (χ2v) is 3.96. The SMILES string of the molecule is O=C(O)CC(c1ccccc1)n1cnc([N+](=O)[O-])c1. The van der Waals surface area contributed by atoms with E-state index >= 15 is 0 Å². The molecule has 0 fully saturated rings. The number of carbonyl (C=O) groups is 1. The Bertz CT molecular complexity index is 594. The van der Waals surface area contributed by atoms with Gasteiger partial charge < -0.3 is 19.8 Å². The lowest BCUT2D eigenvalue weighted by atomic mass is 10.0. The van der Waals surface area contributed by atoms with E-state index in [1.807, 2.05) is 6.07 Å². The largest absolute Gasteiger partial charge is 0.481 e. The third-order valence-electron chi connectivity index (χ3n) is 2.69. The first-order chi connectivity index (χ1) is 9.08. The van der Waals surface area contributed by atoms with Crippen LogP contribution in [0, 0.1) is 10.1 Å². The summed E-state index contributed by atoms with van der Waals surface area (Å²) in [6.45, 7) is 0. The van der Waals surface area contributed by atoms with E-state index in [2.05, 4.69) is 4.98 Å². The lowest BCUT2D eigenvalue weighted by Gasteiger charge is -2.15. The Hall–Kier alpha value is -2.70. The molecule has 0 aliphatic carbocycles. The molecular weight excluding hydrogens is 250 g/mol. The molecule has 0 bridgehead atoms. The van der Waals surface area contributed by atoms with Crippen LogP contribution in [0.1, 0.15) is 18.0 Å². The minimum absolute atomic E-state index is 0.169. The van der Waals surface area contributed by atoms with Crippen LogP contribution < -0.4 is 0 Å². The van der Waals surface area contributed by atoms with E-state index in [4.69, 9.17) is 5.11 Å². The molecule has 1 aromatic heterocycles. The summed E-state index contributed by atoms with van der Waals surface area (Å²) in [5.74, 6) is -1.28. The number of imidazole rings is 1. The Kier molecular flexibility index (Phi) is 3.56. The van der Waals surface area contributed by atoms with Crippen LogP contribution in [0.15, 0.2) is 42.9 Å². The lowest BCUT2D eigenvalue weighted by Crippen LogP contribution is -2.13. The fraction of sp³-hybridized carbons (Fsp3) is 0.167. The first-order valence-corrected chi connectivity index (χ1v) is 5.52. The van der Waals surface area contributed by atoms with Crippen molar-refractivity contribution >= 4 is 11.8 Å². The van der Waals surface area contributed by atoms with Gasteiger partial charge in [0.15, 0.2) is 0 Å². The first-order valence-electron chi connectivity index (χ1n) is 5.52. The molecule has 98 valence electrons. The highest BCUT2D eigenvalue weighted by Gasteiger charge is 2.21. The molecular formula is C12H11N3O4. The van der Waals surface area contributed by atoms with E-state index in [9.17, 15) is 14.9 Å². The topological polar surface area (TPSA) is 98.3 Å². The van der Waals surface area contributed by atoms with E-state index in [-0.39, 0.29) is 12.2 Å². The molecule has 0 aliphatic rings. The number of benzene rings is 1. The zero-order valence-corrected chi connectivity index (χ0v) is 9.84. The van der Waals surface area contributed by atoms with Crippen molar-refractivity contribution in [3.05, 3.63) is 58.5 Å². The van der Waals surface area contributed by atoms with E-state index in [0.29, 0.717) is 0 Å². The minimum Gasteiger partial charge on any atom is -0.481 e. The Balaban J connectivity index is 2.37. The van der Waals surface area contributed by atoms with Crippen LogP contribution in [-0.4, -0.2) is 25.6 Å². The van der Waals surface area contributed by atoms with Gasteiger partial charge in [-0.3, -0.25) is 4.79 Å². The second kappa shape index (κ2) is 5.30. The molecule has 1 N–H and O–H groups in total. The van der Waals surface area contributed by atoms with Gasteiger partial charge in [-0.25, -0.2) is 0 Å². The Morgan fingerprint density at radius 2 is 2.11 bits per heavy atom. The molecule has 1 atom stereocenters. The van der Waals surface area contributed by atoms with Crippen LogP contribution in [0.25, 0.3) is 0 Å². The summed E-state index contributed by atoms with van der Waals surface area (Å²) >= 11 is 0. The van der Waals surface area contributed by atoms with Gasteiger partial charge in [0.2, 0.25) is 6.33 Å². The molecule has 7 nitrogen and oxygen atoms in total. The van der Waals surface area contributed by atoms with Crippen LogP contribution in [0.5, 0.6) is 0 Å². The van der Waals surface area contributed by atoms with Gasteiger partial charge in [0, 0.05) is 0 Å². The zero-order chi connectivity index (χ0) is 13.8. The molecule has 2 aromatic rings. The maximum absolute atomic E-state index is 10.9. The minimum atomic E-state index is -0.981. The predicted molar refractivity (Wildman–Crippen MR) is 65.7 cm³/mol. The summed E-state index contributed by atoms with van der Waals surface area (Å²) in [4.78, 5) is 24.6. The highest BCUT2D eigenvalue weighted by molar-refractivity contribution is 5.68. The first kappa shape index (κ1) is 12.7. The molecule has 0 saturated carbocycles. The summed E-state index contributed by atoms with van der Waals surface area (Å²) < 4.78 is 1.45. The van der Waals surface area contributed by atoms with Crippen molar-refractivity contribution in [2.75, 3.05) is 0 Å². The molecule has 1 unspecified atom stereocenters. The maximum Gasteiger partial charge on any atom is 0.381 e. The number of rotatable bonds is 5. The second-order valence-electron chi connectivity index (χ2n) is 3.96. The zero-order valence-electron chi connectivity index (χ0n) is 9.84. The van der Waals surface area contributed by atoms with Gasteiger partial charge in [0.25, 0.3) is 0 Å². The van der Waals surface area contributed by atoms with E-state index in [1.165, 1.54) is 17.1 Å². The number of nitro groups is 1. The van der Waals surface area contributed by atoms with Gasteiger partial charge in [-0.1, -0.05) is 30.3 Å². The van der Waals surface area contributed by atoms with Crippen molar-refractivity contribution in [3.8, 4) is 0 Å². The van der Waals surface area contributed by atoms with Gasteiger partial charge in [-0.15, -0.1) is 0 Å². The van der Waals surface area contributed by atoms with Crippen molar-refractivity contribution in [2.45, 2.75) is 12.5 Å². The summed E-state index contributed by atoms with van der Waals surface area (Å²) in [5.41, 5.74) is 0.761. The third-order valence-corrected chi connectivity index (χ3v) is 2.69. The van der Waals surface area contributed by atoms with Crippen molar-refractivity contribution in [1.29, 1.82) is 0 Å². The molecule has 7 heteroatoms. The van der Waals surface area contributed by atoms with Crippen LogP contribution in [-0.2, 0) is 4.79 Å². The number of carboxylic acid groups (broad SMARTS) is 1. The number of aliphatic carboxylic acids is 1. The van der Waals surface area contributed by atoms with Crippen molar-refractivity contribution < 1.29 is 14.8 Å². The number of nitrogens with zero attached hydrogens (tertiary/aromatic N) is 3. The normalized spacial score (nSPS) is 12.0. The van der Waals surface area contributed by atoms with E-state index < -0.39 is 16.9 Å². The van der Waals surface area contributed by atoms with Crippen LogP contribution in [0.4, 0.5) is 5.82 Å². The highest BCUT2D eigenvalue weighted by atomic mass is 16.6. The summed E-state index contributed by atoms with van der Waals surface area (Å²) in [7, 11) is 0. The highest BCUT2D eigenvalue weighted by Crippen LogP contribution is 2.23. The predicted octanol–water partition coefficient (Wildman–Crippen LogP) is 1.86. The van der Waals surface area contributed by atoms with Crippen LogP contribution >= 0.6 is 0 Å². The Morgan fingerprint density at radius 1 is 1.42 bits per heavy atom. The molecule has 0 radical (unpaired) electrons. The van der Waals surface area contributed by atoms with Crippen molar-refractivity contribution in [1.82, 2.24) is 9.55 Å². The molecule has 0 spiro atoms. The van der Waals surface area contributed by atoms with Gasteiger partial charge >= 0.3 is 11.8 Å². The van der Waals surface area contributed by atoms with E-state index in [0.717, 1.165) is 5.56 Å². The molecule has 0 aliphatic heterocycles. The fourth-order valence-corrected chi connectivity index (χ4v) is 1.83. The van der Waals surface area contributed by atoms with E-state index in [1.54, 1.807) is 24.3 Å². The summed E-state index contributed by atoms with van der Waals surface area (Å²) in [5, 5.41) is 19.6. The molecule has 0 amide bonds. The van der Waals surface area contributed by atoms with Crippen LogP contribution in [0.2, 0.25) is 0 Å². The molecule has 1 heterocycles. The van der Waals surface area contributed by atoms with Crippen molar-refractivity contribution in [3.63, 3.8) is 0 Å². The molecule has 2 rings (SSSR count). The Labute approximate surface area is 108 Å². The summed E-state index contributed by atoms with van der Waals surface area (Å²) in [6.07, 6.45) is 2.34. The average molecular weight is 261 g/mol. The van der Waals surface area contributed by atoms with Gasteiger partial charge in [0.1, 0.15) is 6.20 Å². The standard InChI is InChI=1S/C12H11N3O4/c16-12(17)6-10(9-4-2-1-3-5-9)14-7-11(13-8-14)15(18)19/h1-5,7-8,10H,6H2,(H,16,17). The third kappa shape index (κ3) is 2.95. The van der Waals surface area contributed by atoms with Gasteiger partial charge in [-0.05, 0) is 15.5 Å². The smallest absolute Gasteiger partial charge is 0.381 e. The van der Waals surface area contributed by atoms with Gasteiger partial charge in [-0.2, -0.15) is 0 Å². The van der Waals surface area contributed by atoms with Crippen LogP contribution in [0.3, 0.4) is 0 Å². The number of aromatic nitrogens is 2. The molecule has 1 aromatic carbocycles. The maximum atomic E-state index is 10.9. The average Bonchev–Trinajstić information content (AvgIpc) is 2.86. The molecule has 19 heavy (non-hydrogen) atoms. The summed E-state index contributed by atoms with van der Waals surface area (Å²) in [6, 6.07) is 8.43. The molecule has 0 saturated heterocycles. The number of hydrogen-bond donors (Lipinski definition) is 1. The lowest BCUT2D eigenvalue weighted by molar-refractivity contribution is -0.389. The fourth-order valence-electron chi connectivity index (χ4n) is 1.83. The number of hydrogen-bond acceptors (Lipinski definition) is 4. The quantitative estimate of drug-likeness (QED) is 0.654. The van der Waals surface area contributed by atoms with Gasteiger partial charge in [0.05, 0.1) is 12.5 Å².